The van der Waals surface area contributed by atoms with Gasteiger partial charge in [-0.25, -0.2) is 17.7 Å². The Morgan fingerprint density at radius 3 is 1.84 bits per heavy atom. The van der Waals surface area contributed by atoms with Crippen molar-refractivity contribution in [2.24, 2.45) is 10.8 Å². The molecule has 0 aliphatic carbocycles. The Morgan fingerprint density at radius 2 is 1.32 bits per heavy atom. The Labute approximate surface area is 300 Å². The van der Waals surface area contributed by atoms with Crippen molar-refractivity contribution >= 4 is 16.0 Å². The van der Waals surface area contributed by atoms with E-state index in [-0.39, 0.29) is 18.3 Å². The SMILES string of the molecule is COc1cccc(-c2nnc(N(CCCCCCCCCCCC(C)(C)C)S(=O)(=O)[C@H](C)[C@H](O)C(C)(C)C)n2-c2c(OC)cccc2OC)n1. The summed E-state index contributed by atoms with van der Waals surface area (Å²) >= 11 is 0. The molecule has 12 heteroatoms. The van der Waals surface area contributed by atoms with Gasteiger partial charge in [-0.15, -0.1) is 10.2 Å². The predicted molar refractivity (Wildman–Crippen MR) is 201 cm³/mol. The average Bonchev–Trinajstić information content (AvgIpc) is 3.50. The molecule has 0 amide bonds. The molecule has 2 aromatic heterocycles. The Balaban J connectivity index is 1.99. The number of hydrogen-bond donors (Lipinski definition) is 1. The molecule has 0 fully saturated rings. The first kappa shape index (κ1) is 41.0. The van der Waals surface area contributed by atoms with Crippen LogP contribution in [0.3, 0.4) is 0 Å². The molecule has 11 nitrogen and oxygen atoms in total. The van der Waals surface area contributed by atoms with E-state index < -0.39 is 26.8 Å². The van der Waals surface area contributed by atoms with E-state index in [1.54, 1.807) is 47.9 Å². The standard InChI is InChI=1S/C38H61N5O6S/c1-28(34(44)38(5,6)7)50(45,46)42(27-19-17-15-13-11-12-14-16-18-26-37(2,3)4)36-41-40-35(29-22-20-25-32(39-29)49-10)43(36)33-30(47-8)23-21-24-31(33)48-9/h20-25,28,34,44H,11-19,26-27H2,1-10H3/t28-,34+/m1/s1. The summed E-state index contributed by atoms with van der Waals surface area (Å²) in [7, 11) is 0.420. The van der Waals surface area contributed by atoms with Crippen molar-refractivity contribution < 1.29 is 27.7 Å². The van der Waals surface area contributed by atoms with E-state index in [0.29, 0.717) is 40.6 Å². The van der Waals surface area contributed by atoms with Gasteiger partial charge in [0.25, 0.3) is 0 Å². The number of aliphatic hydroxyl groups excluding tert-OH is 1. The second-order valence-electron chi connectivity index (χ2n) is 15.4. The van der Waals surface area contributed by atoms with E-state index in [1.165, 1.54) is 64.2 Å². The maximum Gasteiger partial charge on any atom is 0.246 e. The number of para-hydroxylation sites is 1. The van der Waals surface area contributed by atoms with Crippen LogP contribution in [0.2, 0.25) is 0 Å². The van der Waals surface area contributed by atoms with Crippen molar-refractivity contribution in [3.8, 4) is 34.6 Å². The lowest BCUT2D eigenvalue weighted by Gasteiger charge is -2.34. The van der Waals surface area contributed by atoms with E-state index in [0.717, 1.165) is 19.3 Å². The molecule has 2 heterocycles. The summed E-state index contributed by atoms with van der Waals surface area (Å²) in [6.07, 6.45) is 9.86. The van der Waals surface area contributed by atoms with Crippen LogP contribution in [0.4, 0.5) is 5.95 Å². The summed E-state index contributed by atoms with van der Waals surface area (Å²) in [5.74, 6) is 1.53. The van der Waals surface area contributed by atoms with Crippen LogP contribution in [-0.2, 0) is 10.0 Å². The highest BCUT2D eigenvalue weighted by Gasteiger charge is 2.41. The van der Waals surface area contributed by atoms with Gasteiger partial charge in [0, 0.05) is 12.6 Å². The Kier molecular flexibility index (Phi) is 15.0. The average molecular weight is 716 g/mol. The second-order valence-corrected chi connectivity index (χ2v) is 17.6. The number of hydrogen-bond acceptors (Lipinski definition) is 9. The van der Waals surface area contributed by atoms with Crippen molar-refractivity contribution in [2.45, 2.75) is 124 Å². The predicted octanol–water partition coefficient (Wildman–Crippen LogP) is 8.23. The van der Waals surface area contributed by atoms with Gasteiger partial charge in [0.15, 0.2) is 5.82 Å². The highest BCUT2D eigenvalue weighted by molar-refractivity contribution is 7.93. The van der Waals surface area contributed by atoms with Gasteiger partial charge in [-0.05, 0) is 48.8 Å². The summed E-state index contributed by atoms with van der Waals surface area (Å²) in [5.41, 5.74) is 0.544. The van der Waals surface area contributed by atoms with E-state index in [1.807, 2.05) is 20.8 Å². The summed E-state index contributed by atoms with van der Waals surface area (Å²) in [6.45, 7) is 14.1. The zero-order valence-corrected chi connectivity index (χ0v) is 32.8. The summed E-state index contributed by atoms with van der Waals surface area (Å²) in [4.78, 5) is 4.59. The van der Waals surface area contributed by atoms with Gasteiger partial charge < -0.3 is 19.3 Å². The number of aromatic nitrogens is 4. The molecule has 3 aromatic rings. The third kappa shape index (κ3) is 10.8. The Morgan fingerprint density at radius 1 is 0.780 bits per heavy atom. The van der Waals surface area contributed by atoms with Crippen molar-refractivity contribution in [1.29, 1.82) is 0 Å². The van der Waals surface area contributed by atoms with Gasteiger partial charge in [-0.1, -0.05) is 105 Å². The van der Waals surface area contributed by atoms with Crippen LogP contribution in [-0.4, -0.2) is 72.5 Å². The van der Waals surface area contributed by atoms with E-state index >= 15 is 0 Å². The molecule has 1 aromatic carbocycles. The number of ether oxygens (including phenoxy) is 3. The minimum absolute atomic E-state index is 0.0515. The molecule has 0 aliphatic rings. The molecular formula is C38H61N5O6S. The summed E-state index contributed by atoms with van der Waals surface area (Å²) in [5, 5.41) is 19.1. The van der Waals surface area contributed by atoms with Gasteiger partial charge >= 0.3 is 0 Å². The number of rotatable bonds is 20. The number of pyridine rings is 1. The molecule has 3 rings (SSSR count). The number of anilines is 1. The molecule has 0 spiro atoms. The first-order chi connectivity index (χ1) is 23.6. The Bertz CT molecular complexity index is 1570. The van der Waals surface area contributed by atoms with Crippen LogP contribution in [0.15, 0.2) is 36.4 Å². The van der Waals surface area contributed by atoms with Crippen molar-refractivity contribution in [3.05, 3.63) is 36.4 Å². The van der Waals surface area contributed by atoms with Gasteiger partial charge in [0.2, 0.25) is 21.9 Å². The fourth-order valence-corrected chi connectivity index (χ4v) is 7.94. The van der Waals surface area contributed by atoms with E-state index in [9.17, 15) is 13.5 Å². The lowest BCUT2D eigenvalue weighted by Crippen LogP contribution is -2.48. The van der Waals surface area contributed by atoms with Crippen LogP contribution >= 0.6 is 0 Å². The van der Waals surface area contributed by atoms with Crippen molar-refractivity contribution in [2.75, 3.05) is 32.2 Å². The van der Waals surface area contributed by atoms with Crippen molar-refractivity contribution in [1.82, 2.24) is 19.7 Å². The third-order valence-corrected chi connectivity index (χ3v) is 11.2. The Hall–Kier alpha value is -3.38. The minimum Gasteiger partial charge on any atom is -0.494 e. The maximum absolute atomic E-state index is 14.6. The maximum atomic E-state index is 14.6. The molecule has 0 aliphatic heterocycles. The van der Waals surface area contributed by atoms with E-state index in [2.05, 4.69) is 36.0 Å². The number of sulfonamides is 1. The molecule has 2 atom stereocenters. The first-order valence-electron chi connectivity index (χ1n) is 17.9. The second kappa shape index (κ2) is 18.2. The van der Waals surface area contributed by atoms with Gasteiger partial charge in [0.1, 0.15) is 28.1 Å². The lowest BCUT2D eigenvalue weighted by molar-refractivity contribution is 0.0625. The zero-order chi connectivity index (χ0) is 37.1. The minimum atomic E-state index is -4.18. The lowest BCUT2D eigenvalue weighted by atomic mass is 9.87. The normalized spacial score (nSPS) is 13.6. The smallest absolute Gasteiger partial charge is 0.246 e. The quantitative estimate of drug-likeness (QED) is 0.115. The molecule has 0 radical (unpaired) electrons. The van der Waals surface area contributed by atoms with Crippen LogP contribution < -0.4 is 18.5 Å². The van der Waals surface area contributed by atoms with Gasteiger partial charge in [-0.2, -0.15) is 0 Å². The third-order valence-electron chi connectivity index (χ3n) is 9.05. The largest absolute Gasteiger partial charge is 0.494 e. The number of aliphatic hydroxyl groups is 1. The molecule has 0 saturated heterocycles. The highest BCUT2D eigenvalue weighted by Crippen LogP contribution is 2.40. The fourth-order valence-electron chi connectivity index (χ4n) is 6.07. The fraction of sp³-hybridized carbons (Fsp3) is 0.658. The number of unbranched alkanes of at least 4 members (excludes halogenated alkanes) is 8. The van der Waals surface area contributed by atoms with Crippen LogP contribution in [0.5, 0.6) is 17.4 Å². The van der Waals surface area contributed by atoms with Gasteiger partial charge in [-0.3, -0.25) is 4.57 Å². The monoisotopic (exact) mass is 715 g/mol. The molecular weight excluding hydrogens is 655 g/mol. The molecule has 50 heavy (non-hydrogen) atoms. The number of nitrogens with zero attached hydrogens (tertiary/aromatic N) is 5. The van der Waals surface area contributed by atoms with Crippen LogP contribution in [0.25, 0.3) is 17.2 Å². The summed E-state index contributed by atoms with van der Waals surface area (Å²) < 4.78 is 49.0. The topological polar surface area (TPSA) is 129 Å². The van der Waals surface area contributed by atoms with Crippen LogP contribution in [0, 0.1) is 10.8 Å². The number of benzene rings is 1. The summed E-state index contributed by atoms with van der Waals surface area (Å²) in [6, 6.07) is 10.6. The van der Waals surface area contributed by atoms with Crippen molar-refractivity contribution in [3.63, 3.8) is 0 Å². The van der Waals surface area contributed by atoms with Crippen LogP contribution in [0.1, 0.15) is 113 Å². The number of methoxy groups -OCH3 is 3. The first-order valence-corrected chi connectivity index (χ1v) is 19.4. The molecule has 0 bridgehead atoms. The van der Waals surface area contributed by atoms with E-state index in [4.69, 9.17) is 14.2 Å². The molecule has 0 saturated carbocycles. The highest BCUT2D eigenvalue weighted by atomic mass is 32.2. The molecule has 280 valence electrons. The molecule has 1 N–H and O–H groups in total. The van der Waals surface area contributed by atoms with Gasteiger partial charge in [0.05, 0.1) is 27.4 Å². The zero-order valence-electron chi connectivity index (χ0n) is 32.0. The molecule has 0 unspecified atom stereocenters.